The summed E-state index contributed by atoms with van der Waals surface area (Å²) in [7, 11) is 1.74. The Balaban J connectivity index is 2.32. The summed E-state index contributed by atoms with van der Waals surface area (Å²) >= 11 is 0. The van der Waals surface area contributed by atoms with E-state index in [2.05, 4.69) is 5.10 Å². The molecule has 0 aliphatic heterocycles. The number of carbonyl (C=O) groups excluding carboxylic acids is 1. The zero-order valence-corrected chi connectivity index (χ0v) is 10.3. The number of benzene rings is 1. The molecule has 0 bridgehead atoms. The highest BCUT2D eigenvalue weighted by Crippen LogP contribution is 2.20. The van der Waals surface area contributed by atoms with E-state index in [1.54, 1.807) is 24.0 Å². The molecule has 0 amide bonds. The van der Waals surface area contributed by atoms with Crippen molar-refractivity contribution in [2.75, 3.05) is 0 Å². The number of rotatable bonds is 3. The zero-order chi connectivity index (χ0) is 13.1. The van der Waals surface area contributed by atoms with Crippen LogP contribution in [-0.2, 0) is 7.05 Å². The molecule has 2 rings (SSSR count). The fourth-order valence-electron chi connectivity index (χ4n) is 1.74. The van der Waals surface area contributed by atoms with E-state index in [-0.39, 0.29) is 5.78 Å². The predicted molar refractivity (Wildman–Crippen MR) is 67.1 cm³/mol. The van der Waals surface area contributed by atoms with Crippen LogP contribution in [0.3, 0.4) is 0 Å². The summed E-state index contributed by atoms with van der Waals surface area (Å²) in [5, 5.41) is 13.2. The van der Waals surface area contributed by atoms with Gasteiger partial charge in [0.25, 0.3) is 0 Å². The number of nitrogens with zero attached hydrogens (tertiary/aromatic N) is 3. The Labute approximate surface area is 105 Å². The van der Waals surface area contributed by atoms with Crippen LogP contribution >= 0.6 is 0 Å². The second kappa shape index (κ2) is 4.84. The van der Waals surface area contributed by atoms with Crippen molar-refractivity contribution in [2.24, 2.45) is 7.05 Å². The first-order chi connectivity index (χ1) is 8.61. The van der Waals surface area contributed by atoms with Gasteiger partial charge >= 0.3 is 0 Å². The highest BCUT2D eigenvalue weighted by molar-refractivity contribution is 6.01. The van der Waals surface area contributed by atoms with E-state index in [0.717, 1.165) is 5.56 Å². The van der Waals surface area contributed by atoms with E-state index in [0.29, 0.717) is 11.3 Å². The molecule has 0 fully saturated rings. The van der Waals surface area contributed by atoms with Gasteiger partial charge in [0.05, 0.1) is 6.07 Å². The smallest absolute Gasteiger partial charge is 0.204 e. The highest BCUT2D eigenvalue weighted by atomic mass is 16.1. The molecule has 1 heterocycles. The number of hydrogen-bond donors (Lipinski definition) is 0. The van der Waals surface area contributed by atoms with Gasteiger partial charge in [-0.1, -0.05) is 29.8 Å². The van der Waals surface area contributed by atoms with Crippen molar-refractivity contribution in [1.82, 2.24) is 9.78 Å². The molecule has 2 aromatic rings. The zero-order valence-electron chi connectivity index (χ0n) is 10.3. The molecule has 0 aliphatic rings. The normalized spacial score (nSPS) is 11.8. The molecule has 0 radical (unpaired) electrons. The third-order valence-electron chi connectivity index (χ3n) is 2.77. The standard InChI is InChI=1S/C14H13N3O/c1-10-3-5-11(6-4-10)12(9-15)14(18)13-7-8-17(2)16-13/h3-8,12H,1-2H3. The molecule has 1 aromatic heterocycles. The quantitative estimate of drug-likeness (QED) is 0.771. The molecule has 4 heteroatoms. The second-order valence-electron chi connectivity index (χ2n) is 4.21. The average molecular weight is 239 g/mol. The number of carbonyl (C=O) groups is 1. The van der Waals surface area contributed by atoms with Crippen molar-refractivity contribution in [3.63, 3.8) is 0 Å². The number of aromatic nitrogens is 2. The number of hydrogen-bond acceptors (Lipinski definition) is 3. The number of ketones is 1. The molecule has 90 valence electrons. The Morgan fingerprint density at radius 3 is 2.50 bits per heavy atom. The summed E-state index contributed by atoms with van der Waals surface area (Å²) < 4.78 is 1.55. The lowest BCUT2D eigenvalue weighted by Crippen LogP contribution is -2.12. The van der Waals surface area contributed by atoms with Crippen LogP contribution in [-0.4, -0.2) is 15.6 Å². The third-order valence-corrected chi connectivity index (χ3v) is 2.77. The SMILES string of the molecule is Cc1ccc(C(C#N)C(=O)c2ccn(C)n2)cc1. The fraction of sp³-hybridized carbons (Fsp3) is 0.214. The maximum Gasteiger partial charge on any atom is 0.204 e. The lowest BCUT2D eigenvalue weighted by Gasteiger charge is -2.06. The Hall–Kier alpha value is -2.41. The maximum atomic E-state index is 12.2. The monoisotopic (exact) mass is 239 g/mol. The number of nitriles is 1. The van der Waals surface area contributed by atoms with Gasteiger partial charge < -0.3 is 0 Å². The van der Waals surface area contributed by atoms with Crippen LogP contribution in [0.2, 0.25) is 0 Å². The summed E-state index contributed by atoms with van der Waals surface area (Å²) in [5.74, 6) is -1.05. The van der Waals surface area contributed by atoms with E-state index in [1.807, 2.05) is 37.3 Å². The largest absolute Gasteiger partial charge is 0.290 e. The number of aryl methyl sites for hydroxylation is 2. The highest BCUT2D eigenvalue weighted by Gasteiger charge is 2.23. The summed E-state index contributed by atoms with van der Waals surface area (Å²) in [6, 6.07) is 11.1. The molecule has 0 N–H and O–H groups in total. The molecule has 0 spiro atoms. The maximum absolute atomic E-state index is 12.2. The summed E-state index contributed by atoms with van der Waals surface area (Å²) in [6.07, 6.45) is 1.69. The first-order valence-corrected chi connectivity index (χ1v) is 5.62. The Bertz CT molecular complexity index is 605. The minimum Gasteiger partial charge on any atom is -0.290 e. The average Bonchev–Trinajstić information content (AvgIpc) is 2.79. The van der Waals surface area contributed by atoms with Gasteiger partial charge in [0.15, 0.2) is 0 Å². The minimum atomic E-state index is -0.791. The first-order valence-electron chi connectivity index (χ1n) is 5.62. The van der Waals surface area contributed by atoms with E-state index >= 15 is 0 Å². The van der Waals surface area contributed by atoms with Crippen molar-refractivity contribution >= 4 is 5.78 Å². The molecule has 1 aromatic carbocycles. The summed E-state index contributed by atoms with van der Waals surface area (Å²) in [4.78, 5) is 12.2. The molecule has 4 nitrogen and oxygen atoms in total. The van der Waals surface area contributed by atoms with Crippen molar-refractivity contribution in [2.45, 2.75) is 12.8 Å². The fourth-order valence-corrected chi connectivity index (χ4v) is 1.74. The molecular weight excluding hydrogens is 226 g/mol. The van der Waals surface area contributed by atoms with Crippen LogP contribution in [0.25, 0.3) is 0 Å². The molecule has 0 saturated heterocycles. The summed E-state index contributed by atoms with van der Waals surface area (Å²) in [6.45, 7) is 1.96. The van der Waals surface area contributed by atoms with Gasteiger partial charge in [-0.05, 0) is 18.6 Å². The lowest BCUT2D eigenvalue weighted by molar-refractivity contribution is 0.0973. The molecule has 0 aliphatic carbocycles. The first kappa shape index (κ1) is 12.1. The van der Waals surface area contributed by atoms with Gasteiger partial charge in [0.1, 0.15) is 11.6 Å². The number of Topliss-reactive ketones (excluding diaryl/α,β-unsaturated/α-hetero) is 1. The molecule has 18 heavy (non-hydrogen) atoms. The molecule has 1 atom stereocenters. The van der Waals surface area contributed by atoms with Crippen LogP contribution in [0.4, 0.5) is 0 Å². The van der Waals surface area contributed by atoms with Crippen molar-refractivity contribution in [1.29, 1.82) is 5.26 Å². The molecule has 0 saturated carbocycles. The predicted octanol–water partition coefficient (Wildman–Crippen LogP) is 2.22. The van der Waals surface area contributed by atoms with Crippen LogP contribution in [0.1, 0.15) is 27.5 Å². The lowest BCUT2D eigenvalue weighted by atomic mass is 9.94. The van der Waals surface area contributed by atoms with Crippen molar-refractivity contribution < 1.29 is 4.79 Å². The summed E-state index contributed by atoms with van der Waals surface area (Å²) in [5.41, 5.74) is 2.13. The van der Waals surface area contributed by atoms with Gasteiger partial charge in [0, 0.05) is 13.2 Å². The topological polar surface area (TPSA) is 58.7 Å². The van der Waals surface area contributed by atoms with Gasteiger partial charge in [-0.3, -0.25) is 9.48 Å². The van der Waals surface area contributed by atoms with Gasteiger partial charge in [-0.25, -0.2) is 0 Å². The van der Waals surface area contributed by atoms with Crippen LogP contribution in [0.5, 0.6) is 0 Å². The van der Waals surface area contributed by atoms with Crippen LogP contribution < -0.4 is 0 Å². The Morgan fingerprint density at radius 2 is 2.00 bits per heavy atom. The van der Waals surface area contributed by atoms with Gasteiger partial charge in [-0.15, -0.1) is 0 Å². The van der Waals surface area contributed by atoms with E-state index in [4.69, 9.17) is 0 Å². The van der Waals surface area contributed by atoms with Crippen molar-refractivity contribution in [3.05, 3.63) is 53.3 Å². The van der Waals surface area contributed by atoms with E-state index in [1.165, 1.54) is 0 Å². The third kappa shape index (κ3) is 2.30. The van der Waals surface area contributed by atoms with Gasteiger partial charge in [-0.2, -0.15) is 10.4 Å². The molecular formula is C14H13N3O. The van der Waals surface area contributed by atoms with Gasteiger partial charge in [0.2, 0.25) is 5.78 Å². The van der Waals surface area contributed by atoms with E-state index in [9.17, 15) is 10.1 Å². The van der Waals surface area contributed by atoms with Crippen molar-refractivity contribution in [3.8, 4) is 6.07 Å². The minimum absolute atomic E-state index is 0.262. The van der Waals surface area contributed by atoms with E-state index < -0.39 is 5.92 Å². The molecule has 1 unspecified atom stereocenters. The Kier molecular flexibility index (Phi) is 3.24. The second-order valence-corrected chi connectivity index (χ2v) is 4.21. The Morgan fingerprint density at radius 1 is 1.33 bits per heavy atom. The van der Waals surface area contributed by atoms with Crippen LogP contribution in [0.15, 0.2) is 36.5 Å². The van der Waals surface area contributed by atoms with Crippen LogP contribution in [0, 0.1) is 18.3 Å².